The predicted octanol–water partition coefficient (Wildman–Crippen LogP) is 3.82. The first-order chi connectivity index (χ1) is 10.7. The molecule has 4 heteroatoms. The largest absolute Gasteiger partial charge is 0.357 e. The minimum atomic E-state index is 0.0974. The van der Waals surface area contributed by atoms with Crippen molar-refractivity contribution in [1.82, 2.24) is 4.90 Å². The number of ketones is 1. The molecule has 1 aromatic rings. The van der Waals surface area contributed by atoms with E-state index in [1.54, 1.807) is 0 Å². The van der Waals surface area contributed by atoms with Gasteiger partial charge in [0.2, 0.25) is 0 Å². The van der Waals surface area contributed by atoms with Gasteiger partial charge in [0.1, 0.15) is 6.23 Å². The smallest absolute Gasteiger partial charge is 0.191 e. The molecule has 0 spiro atoms. The van der Waals surface area contributed by atoms with Crippen molar-refractivity contribution in [3.05, 3.63) is 46.5 Å². The molecule has 2 fully saturated rings. The number of ether oxygens (including phenoxy) is 1. The first-order valence-corrected chi connectivity index (χ1v) is 8.91. The fourth-order valence-corrected chi connectivity index (χ4v) is 5.39. The lowest BCUT2D eigenvalue weighted by Crippen LogP contribution is -2.47. The molecule has 116 valence electrons. The van der Waals surface area contributed by atoms with Crippen LogP contribution in [0.1, 0.15) is 43.0 Å². The zero-order valence-electron chi connectivity index (χ0n) is 12.9. The Labute approximate surface area is 135 Å². The molecule has 3 heterocycles. The lowest BCUT2D eigenvalue weighted by Gasteiger charge is -2.39. The van der Waals surface area contributed by atoms with Gasteiger partial charge in [-0.3, -0.25) is 4.79 Å². The number of carbonyl (C=O) groups excluding carboxylic acids is 1. The lowest BCUT2D eigenvalue weighted by atomic mass is 9.95. The van der Waals surface area contributed by atoms with Crippen LogP contribution in [0.2, 0.25) is 0 Å². The summed E-state index contributed by atoms with van der Waals surface area (Å²) < 4.78 is 6.17. The summed E-state index contributed by atoms with van der Waals surface area (Å²) in [6, 6.07) is 9.66. The van der Waals surface area contributed by atoms with Crippen LogP contribution in [0.3, 0.4) is 0 Å². The maximum Gasteiger partial charge on any atom is 0.191 e. The molecular formula is C18H21NO2S. The molecule has 2 atom stereocenters. The molecule has 3 aliphatic rings. The maximum absolute atomic E-state index is 12.9. The zero-order chi connectivity index (χ0) is 15.2. The number of benzene rings is 1. The highest BCUT2D eigenvalue weighted by Crippen LogP contribution is 2.54. The Morgan fingerprint density at radius 1 is 1.32 bits per heavy atom. The molecule has 3 nitrogen and oxygen atoms in total. The summed E-state index contributed by atoms with van der Waals surface area (Å²) in [5, 5.41) is 1.18. The molecule has 4 rings (SSSR count). The highest BCUT2D eigenvalue weighted by molar-refractivity contribution is 8.04. The average Bonchev–Trinajstić information content (AvgIpc) is 2.87. The van der Waals surface area contributed by atoms with E-state index in [9.17, 15) is 4.79 Å². The van der Waals surface area contributed by atoms with Gasteiger partial charge >= 0.3 is 0 Å². The second-order valence-corrected chi connectivity index (χ2v) is 8.04. The van der Waals surface area contributed by atoms with Gasteiger partial charge in [0.05, 0.1) is 9.78 Å². The summed E-state index contributed by atoms with van der Waals surface area (Å²) in [6.07, 6.45) is 4.33. The van der Waals surface area contributed by atoms with E-state index in [0.717, 1.165) is 50.0 Å². The maximum atomic E-state index is 12.9. The van der Waals surface area contributed by atoms with E-state index >= 15 is 0 Å². The van der Waals surface area contributed by atoms with E-state index in [-0.39, 0.29) is 16.8 Å². The predicted molar refractivity (Wildman–Crippen MR) is 88.7 cm³/mol. The summed E-state index contributed by atoms with van der Waals surface area (Å²) in [4.78, 5) is 15.3. The van der Waals surface area contributed by atoms with Crippen LogP contribution in [0.4, 0.5) is 0 Å². The molecule has 2 saturated heterocycles. The van der Waals surface area contributed by atoms with E-state index in [0.29, 0.717) is 0 Å². The molecule has 0 N–H and O–H groups in total. The van der Waals surface area contributed by atoms with Crippen molar-refractivity contribution in [2.45, 2.75) is 43.6 Å². The number of rotatable bonds is 2. The van der Waals surface area contributed by atoms with Crippen molar-refractivity contribution < 1.29 is 9.53 Å². The third kappa shape index (κ3) is 2.20. The third-order valence-electron chi connectivity index (χ3n) is 4.88. The first-order valence-electron chi connectivity index (χ1n) is 8.09. The van der Waals surface area contributed by atoms with Crippen LogP contribution in [0.25, 0.3) is 0 Å². The van der Waals surface area contributed by atoms with Crippen molar-refractivity contribution in [3.8, 4) is 0 Å². The average molecular weight is 315 g/mol. The van der Waals surface area contributed by atoms with Gasteiger partial charge in [-0.05, 0) is 32.6 Å². The highest BCUT2D eigenvalue weighted by atomic mass is 32.2. The Hall–Kier alpha value is -1.26. The topological polar surface area (TPSA) is 29.5 Å². The van der Waals surface area contributed by atoms with Gasteiger partial charge in [-0.25, -0.2) is 0 Å². The molecule has 0 aliphatic carbocycles. The summed E-state index contributed by atoms with van der Waals surface area (Å²) in [5.74, 6) is 0.190. The van der Waals surface area contributed by atoms with Crippen LogP contribution in [0.5, 0.6) is 0 Å². The van der Waals surface area contributed by atoms with E-state index in [1.165, 1.54) is 5.03 Å². The SMILES string of the molecule is C[C@]12CCCO[C@H]1N1CCCC(C(=O)c3ccccc3)=C1S2. The van der Waals surface area contributed by atoms with E-state index in [2.05, 4.69) is 11.8 Å². The number of allylic oxidation sites excluding steroid dienone is 1. The summed E-state index contributed by atoms with van der Waals surface area (Å²) in [7, 11) is 0. The van der Waals surface area contributed by atoms with Crippen LogP contribution < -0.4 is 0 Å². The number of fused-ring (bicyclic) bond motifs is 3. The molecule has 0 radical (unpaired) electrons. The third-order valence-corrected chi connectivity index (χ3v) is 6.43. The fourth-order valence-electron chi connectivity index (χ4n) is 3.79. The Morgan fingerprint density at radius 3 is 2.95 bits per heavy atom. The van der Waals surface area contributed by atoms with Gasteiger partial charge in [0.15, 0.2) is 5.78 Å². The van der Waals surface area contributed by atoms with Crippen LogP contribution in [-0.2, 0) is 4.74 Å². The van der Waals surface area contributed by atoms with E-state index < -0.39 is 0 Å². The summed E-state index contributed by atoms with van der Waals surface area (Å²) >= 11 is 1.87. The Balaban J connectivity index is 1.73. The monoisotopic (exact) mass is 315 g/mol. The molecular weight excluding hydrogens is 294 g/mol. The highest BCUT2D eigenvalue weighted by Gasteiger charge is 2.51. The summed E-state index contributed by atoms with van der Waals surface area (Å²) in [6.45, 7) is 4.14. The van der Waals surface area contributed by atoms with E-state index in [1.807, 2.05) is 42.1 Å². The molecule has 0 bridgehead atoms. The van der Waals surface area contributed by atoms with Crippen LogP contribution in [0.15, 0.2) is 40.9 Å². The van der Waals surface area contributed by atoms with Crippen LogP contribution in [-0.4, -0.2) is 34.8 Å². The molecule has 22 heavy (non-hydrogen) atoms. The minimum Gasteiger partial charge on any atom is -0.357 e. The number of carbonyl (C=O) groups is 1. The molecule has 0 aromatic heterocycles. The van der Waals surface area contributed by atoms with Crippen LogP contribution in [0, 0.1) is 0 Å². The number of hydrogen-bond acceptors (Lipinski definition) is 4. The van der Waals surface area contributed by atoms with Gasteiger partial charge in [-0.15, -0.1) is 0 Å². The number of nitrogens with zero attached hydrogens (tertiary/aromatic N) is 1. The second-order valence-electron chi connectivity index (χ2n) is 6.52. The quantitative estimate of drug-likeness (QED) is 0.776. The van der Waals surface area contributed by atoms with Crippen molar-refractivity contribution in [3.63, 3.8) is 0 Å². The normalized spacial score (nSPS) is 31.0. The van der Waals surface area contributed by atoms with Gasteiger partial charge in [-0.2, -0.15) is 0 Å². The molecule has 3 aliphatic heterocycles. The van der Waals surface area contributed by atoms with Gasteiger partial charge in [0.25, 0.3) is 0 Å². The zero-order valence-corrected chi connectivity index (χ0v) is 13.7. The Kier molecular flexibility index (Phi) is 3.54. The Bertz CT molecular complexity index is 627. The number of hydrogen-bond donors (Lipinski definition) is 0. The Morgan fingerprint density at radius 2 is 2.14 bits per heavy atom. The van der Waals surface area contributed by atoms with Crippen molar-refractivity contribution >= 4 is 17.5 Å². The summed E-state index contributed by atoms with van der Waals surface area (Å²) in [5.41, 5.74) is 1.79. The fraction of sp³-hybridized carbons (Fsp3) is 0.500. The molecule has 1 aromatic carbocycles. The lowest BCUT2D eigenvalue weighted by molar-refractivity contribution is -0.0801. The van der Waals surface area contributed by atoms with Gasteiger partial charge in [0, 0.05) is 24.3 Å². The van der Waals surface area contributed by atoms with E-state index in [4.69, 9.17) is 4.74 Å². The molecule has 0 unspecified atom stereocenters. The first kappa shape index (κ1) is 14.3. The number of thioether (sulfide) groups is 1. The standard InChI is InChI=1S/C18H21NO2S/c1-18-10-6-12-21-17(18)19-11-5-9-14(16(19)22-18)15(20)13-7-3-2-4-8-13/h2-4,7-8,17H,5-6,9-12H2,1H3/t17-,18+/m1/s1. The van der Waals surface area contributed by atoms with Crippen LogP contribution >= 0.6 is 11.8 Å². The molecule has 0 saturated carbocycles. The van der Waals surface area contributed by atoms with Crippen molar-refractivity contribution in [2.75, 3.05) is 13.2 Å². The van der Waals surface area contributed by atoms with Crippen molar-refractivity contribution in [2.24, 2.45) is 0 Å². The van der Waals surface area contributed by atoms with Crippen molar-refractivity contribution in [1.29, 1.82) is 0 Å². The van der Waals surface area contributed by atoms with Gasteiger partial charge in [-0.1, -0.05) is 42.1 Å². The minimum absolute atomic E-state index is 0.0974. The second kappa shape index (κ2) is 5.43. The molecule has 0 amide bonds. The van der Waals surface area contributed by atoms with Gasteiger partial charge < -0.3 is 9.64 Å². The number of Topliss-reactive ketones (excluding diaryl/α,β-unsaturated/α-hetero) is 1.